The van der Waals surface area contributed by atoms with Crippen molar-refractivity contribution in [1.82, 2.24) is 10.6 Å². The van der Waals surface area contributed by atoms with Crippen LogP contribution < -0.4 is 10.6 Å². The molecule has 2 N–H and O–H groups in total. The Labute approximate surface area is 150 Å². The molecule has 0 aliphatic rings. The standard InChI is InChI=1S/C19H30N2O2S/c1-4-5-6-7-8-13-20-19(23)18(21-16(3)22)14-24-17-11-9-15(2)10-12-17/h9-12,18H,4-8,13-14H2,1-3H3,(H,20,23)(H,21,22). The Bertz CT molecular complexity index is 503. The summed E-state index contributed by atoms with van der Waals surface area (Å²) in [6, 6.07) is 7.68. The van der Waals surface area contributed by atoms with Gasteiger partial charge in [0.1, 0.15) is 6.04 Å². The second-order valence-electron chi connectivity index (χ2n) is 6.08. The van der Waals surface area contributed by atoms with Crippen molar-refractivity contribution in [2.24, 2.45) is 0 Å². The number of carbonyl (C=O) groups excluding carboxylic acids is 2. The molecule has 0 radical (unpaired) electrons. The fourth-order valence-corrected chi connectivity index (χ4v) is 3.23. The maximum absolute atomic E-state index is 12.3. The summed E-state index contributed by atoms with van der Waals surface area (Å²) >= 11 is 1.58. The lowest BCUT2D eigenvalue weighted by atomic mass is 10.1. The minimum Gasteiger partial charge on any atom is -0.354 e. The number of unbranched alkanes of at least 4 members (excludes halogenated alkanes) is 4. The van der Waals surface area contributed by atoms with Gasteiger partial charge >= 0.3 is 0 Å². The lowest BCUT2D eigenvalue weighted by Gasteiger charge is -2.17. The van der Waals surface area contributed by atoms with Crippen molar-refractivity contribution >= 4 is 23.6 Å². The molecule has 0 aromatic heterocycles. The zero-order valence-corrected chi connectivity index (χ0v) is 15.9. The molecule has 24 heavy (non-hydrogen) atoms. The summed E-state index contributed by atoms with van der Waals surface area (Å²) in [4.78, 5) is 24.8. The first-order valence-electron chi connectivity index (χ1n) is 8.77. The Kier molecular flexibility index (Phi) is 10.2. The number of nitrogens with one attached hydrogen (secondary N) is 2. The Morgan fingerprint density at radius 2 is 1.75 bits per heavy atom. The average Bonchev–Trinajstić information content (AvgIpc) is 2.55. The summed E-state index contributed by atoms with van der Waals surface area (Å²) in [7, 11) is 0. The number of amides is 2. The lowest BCUT2D eigenvalue weighted by molar-refractivity contribution is -0.127. The molecule has 1 rings (SSSR count). The van der Waals surface area contributed by atoms with Gasteiger partial charge in [-0.05, 0) is 25.5 Å². The second-order valence-corrected chi connectivity index (χ2v) is 7.18. The van der Waals surface area contributed by atoms with Crippen LogP contribution in [0, 0.1) is 6.92 Å². The molecule has 0 saturated heterocycles. The van der Waals surface area contributed by atoms with Crippen LogP contribution in [0.25, 0.3) is 0 Å². The molecular weight excluding hydrogens is 320 g/mol. The maximum Gasteiger partial charge on any atom is 0.243 e. The monoisotopic (exact) mass is 350 g/mol. The SMILES string of the molecule is CCCCCCCNC(=O)C(CSc1ccc(C)cc1)NC(C)=O. The molecule has 1 aromatic carbocycles. The summed E-state index contributed by atoms with van der Waals surface area (Å²) in [6.07, 6.45) is 5.80. The molecule has 4 nitrogen and oxygen atoms in total. The molecule has 0 saturated carbocycles. The highest BCUT2D eigenvalue weighted by Gasteiger charge is 2.19. The van der Waals surface area contributed by atoms with Gasteiger partial charge in [0.25, 0.3) is 0 Å². The van der Waals surface area contributed by atoms with E-state index in [0.29, 0.717) is 12.3 Å². The van der Waals surface area contributed by atoms with Gasteiger partial charge in [-0.25, -0.2) is 0 Å². The van der Waals surface area contributed by atoms with E-state index < -0.39 is 6.04 Å². The van der Waals surface area contributed by atoms with Gasteiger partial charge in [-0.1, -0.05) is 50.3 Å². The number of hydrogen-bond acceptors (Lipinski definition) is 3. The highest BCUT2D eigenvalue weighted by atomic mass is 32.2. The van der Waals surface area contributed by atoms with Crippen LogP contribution in [-0.4, -0.2) is 30.2 Å². The van der Waals surface area contributed by atoms with E-state index in [2.05, 4.69) is 17.6 Å². The maximum atomic E-state index is 12.3. The molecule has 0 aliphatic heterocycles. The Hall–Kier alpha value is -1.49. The third kappa shape index (κ3) is 8.96. The second kappa shape index (κ2) is 12.0. The van der Waals surface area contributed by atoms with Crippen LogP contribution in [0.15, 0.2) is 29.2 Å². The molecule has 0 aliphatic carbocycles. The predicted molar refractivity (Wildman–Crippen MR) is 101 cm³/mol. The molecule has 0 fully saturated rings. The van der Waals surface area contributed by atoms with Crippen molar-refractivity contribution in [2.75, 3.05) is 12.3 Å². The molecular formula is C19H30N2O2S. The van der Waals surface area contributed by atoms with Crippen LogP contribution in [0.5, 0.6) is 0 Å². The summed E-state index contributed by atoms with van der Waals surface area (Å²) in [5, 5.41) is 5.69. The van der Waals surface area contributed by atoms with Gasteiger partial charge < -0.3 is 10.6 Å². The number of aryl methyl sites for hydroxylation is 1. The summed E-state index contributed by atoms with van der Waals surface area (Å²) in [6.45, 7) is 6.35. The molecule has 0 spiro atoms. The highest BCUT2D eigenvalue weighted by Crippen LogP contribution is 2.19. The molecule has 1 aromatic rings. The molecule has 1 atom stereocenters. The topological polar surface area (TPSA) is 58.2 Å². The van der Waals surface area contributed by atoms with E-state index in [1.54, 1.807) is 11.8 Å². The van der Waals surface area contributed by atoms with Gasteiger partial charge in [0.15, 0.2) is 0 Å². The van der Waals surface area contributed by atoms with Crippen molar-refractivity contribution in [2.45, 2.75) is 63.8 Å². The van der Waals surface area contributed by atoms with Crippen molar-refractivity contribution in [3.8, 4) is 0 Å². The fraction of sp³-hybridized carbons (Fsp3) is 0.579. The zero-order chi connectivity index (χ0) is 17.8. The molecule has 0 heterocycles. The minimum atomic E-state index is -0.496. The molecule has 2 amide bonds. The first kappa shape index (κ1) is 20.6. The first-order chi connectivity index (χ1) is 11.5. The Balaban J connectivity index is 2.40. The average molecular weight is 351 g/mol. The largest absolute Gasteiger partial charge is 0.354 e. The van der Waals surface area contributed by atoms with Gasteiger partial charge in [-0.15, -0.1) is 11.8 Å². The zero-order valence-electron chi connectivity index (χ0n) is 15.1. The van der Waals surface area contributed by atoms with Gasteiger partial charge in [-0.3, -0.25) is 9.59 Å². The smallest absolute Gasteiger partial charge is 0.243 e. The minimum absolute atomic E-state index is 0.0969. The van der Waals surface area contributed by atoms with Gasteiger partial charge in [0.05, 0.1) is 0 Å². The van der Waals surface area contributed by atoms with Gasteiger partial charge in [-0.2, -0.15) is 0 Å². The van der Waals surface area contributed by atoms with Crippen LogP contribution in [0.3, 0.4) is 0 Å². The van der Waals surface area contributed by atoms with E-state index >= 15 is 0 Å². The molecule has 0 bridgehead atoms. The molecule has 1 unspecified atom stereocenters. The van der Waals surface area contributed by atoms with E-state index in [-0.39, 0.29) is 11.8 Å². The third-order valence-corrected chi connectivity index (χ3v) is 4.82. The van der Waals surface area contributed by atoms with Crippen molar-refractivity contribution in [3.63, 3.8) is 0 Å². The Morgan fingerprint density at radius 3 is 2.38 bits per heavy atom. The number of thioether (sulfide) groups is 1. The van der Waals surface area contributed by atoms with Crippen molar-refractivity contribution in [1.29, 1.82) is 0 Å². The number of rotatable bonds is 11. The molecule has 134 valence electrons. The van der Waals surface area contributed by atoms with Crippen molar-refractivity contribution in [3.05, 3.63) is 29.8 Å². The van der Waals surface area contributed by atoms with Crippen LogP contribution in [0.1, 0.15) is 51.5 Å². The van der Waals surface area contributed by atoms with Crippen LogP contribution >= 0.6 is 11.8 Å². The molecule has 5 heteroatoms. The first-order valence-corrected chi connectivity index (χ1v) is 9.75. The Morgan fingerprint density at radius 1 is 1.08 bits per heavy atom. The van der Waals surface area contributed by atoms with Crippen LogP contribution in [-0.2, 0) is 9.59 Å². The number of carbonyl (C=O) groups is 2. The highest BCUT2D eigenvalue weighted by molar-refractivity contribution is 7.99. The summed E-state index contributed by atoms with van der Waals surface area (Å²) in [5.74, 6) is 0.257. The van der Waals surface area contributed by atoms with Gasteiger partial charge in [0.2, 0.25) is 11.8 Å². The number of benzene rings is 1. The van der Waals surface area contributed by atoms with Gasteiger partial charge in [0, 0.05) is 24.1 Å². The third-order valence-electron chi connectivity index (χ3n) is 3.71. The van der Waals surface area contributed by atoms with E-state index in [9.17, 15) is 9.59 Å². The normalized spacial score (nSPS) is 11.8. The lowest BCUT2D eigenvalue weighted by Crippen LogP contribution is -2.47. The van der Waals surface area contributed by atoms with E-state index in [1.165, 1.54) is 31.7 Å². The predicted octanol–water partition coefficient (Wildman–Crippen LogP) is 3.68. The number of hydrogen-bond donors (Lipinski definition) is 2. The van der Waals surface area contributed by atoms with E-state index in [0.717, 1.165) is 17.7 Å². The van der Waals surface area contributed by atoms with Crippen LogP contribution in [0.4, 0.5) is 0 Å². The van der Waals surface area contributed by atoms with Crippen LogP contribution in [0.2, 0.25) is 0 Å². The van der Waals surface area contributed by atoms with Crippen molar-refractivity contribution < 1.29 is 9.59 Å². The summed E-state index contributed by atoms with van der Waals surface area (Å²) in [5.41, 5.74) is 1.21. The van der Waals surface area contributed by atoms with E-state index in [4.69, 9.17) is 0 Å². The van der Waals surface area contributed by atoms with E-state index in [1.807, 2.05) is 31.2 Å². The fourth-order valence-electron chi connectivity index (χ4n) is 2.31. The summed E-state index contributed by atoms with van der Waals surface area (Å²) < 4.78 is 0. The quantitative estimate of drug-likeness (QED) is 0.473.